The molecule has 0 aliphatic carbocycles. The second-order valence-electron chi connectivity index (χ2n) is 19.9. The molecule has 5 heterocycles. The largest absolute Gasteiger partial charge is 0.456 e. The van der Waals surface area contributed by atoms with Gasteiger partial charge in [0.05, 0.1) is 117 Å². The minimum absolute atomic E-state index is 0.118. The van der Waals surface area contributed by atoms with Crippen LogP contribution in [-0.4, -0.2) is 18.3 Å². The Hall–Kier alpha value is -11.6. The van der Waals surface area contributed by atoms with E-state index in [1.807, 2.05) is 60.7 Å². The molecular formula is C76H42N6O. The first-order valence-corrected chi connectivity index (χ1v) is 26.0. The van der Waals surface area contributed by atoms with Gasteiger partial charge in [-0.2, -0.15) is 5.26 Å². The van der Waals surface area contributed by atoms with Gasteiger partial charge in [0.2, 0.25) is 5.69 Å². The Balaban J connectivity index is 1.24. The number of nitriles is 1. The van der Waals surface area contributed by atoms with Crippen molar-refractivity contribution < 1.29 is 37.3 Å². The minimum Gasteiger partial charge on any atom is -0.456 e. The summed E-state index contributed by atoms with van der Waals surface area (Å²) in [5.41, 5.74) is -6.85. The van der Waals surface area contributed by atoms with Gasteiger partial charge in [-0.25, -0.2) is 4.85 Å². The lowest BCUT2D eigenvalue weighted by Gasteiger charge is -2.27. The van der Waals surface area contributed by atoms with Crippen LogP contribution in [0.25, 0.3) is 169 Å². The third-order valence-corrected chi connectivity index (χ3v) is 15.9. The zero-order chi connectivity index (χ0) is 75.5. The lowest BCUT2D eigenvalue weighted by atomic mass is 9.92. The number of hydrogen-bond acceptors (Lipinski definition) is 2. The number of fused-ring (bicyclic) bond motifs is 19. The van der Waals surface area contributed by atoms with E-state index < -0.39 is 244 Å². The lowest BCUT2D eigenvalue weighted by Crippen LogP contribution is -2.14. The molecule has 0 atom stereocenters. The molecule has 0 bridgehead atoms. The van der Waals surface area contributed by atoms with Crippen molar-refractivity contribution in [1.29, 1.82) is 5.26 Å². The molecule has 0 fully saturated rings. The molecule has 0 radical (unpaired) electrons. The van der Waals surface area contributed by atoms with E-state index in [-0.39, 0.29) is 16.6 Å². The number of benzene rings is 13. The summed E-state index contributed by atoms with van der Waals surface area (Å²) >= 11 is 0. The standard InChI is InChI=1S/C76H42N6O/c1-78-71-73(79-61-31-13-6-24-50(61)51-25-7-14-32-62(51)79)60(44-77)74(80-63-33-15-8-26-52(63)53-27-9-16-34-64(53)80)76(75(71)81-65-35-17-10-28-54(65)55-29-11-18-36-66(55)81)82-67-40-38-46(58-42-45-20-2-3-21-47(45)48-22-4-5-23-49(48)58)43-59(67)56-39-41-69-70(72(56)82)57-30-12-19-37-68(57)83-69/h2-43H/i6D,7D,8D,9D,10D,11D,13D,14D,15D,16D,17D,18D,24D,25D,26D,27D,28D,29D,31D,32D,33D,34D,35D,36D. The van der Waals surface area contributed by atoms with Gasteiger partial charge in [0, 0.05) is 48.5 Å². The first kappa shape index (κ1) is 28.0. The van der Waals surface area contributed by atoms with Crippen molar-refractivity contribution in [2.45, 2.75) is 0 Å². The fourth-order valence-electron chi connectivity index (χ4n) is 12.7. The van der Waals surface area contributed by atoms with Gasteiger partial charge in [-0.1, -0.05) is 182 Å². The third-order valence-electron chi connectivity index (χ3n) is 15.9. The fourth-order valence-corrected chi connectivity index (χ4v) is 12.7. The molecule has 0 aliphatic heterocycles. The summed E-state index contributed by atoms with van der Waals surface area (Å²) in [6, 6.07) is 13.5. The average Bonchev–Trinajstić information content (AvgIpc) is 1.51. The van der Waals surface area contributed by atoms with Gasteiger partial charge in [-0.3, -0.25) is 0 Å². The molecule has 83 heavy (non-hydrogen) atoms. The van der Waals surface area contributed by atoms with Crippen molar-refractivity contribution >= 4 is 136 Å². The van der Waals surface area contributed by atoms with Gasteiger partial charge in [-0.15, -0.1) is 0 Å². The molecule has 0 saturated carbocycles. The van der Waals surface area contributed by atoms with Gasteiger partial charge in [0.25, 0.3) is 0 Å². The molecule has 382 valence electrons. The summed E-state index contributed by atoms with van der Waals surface area (Å²) in [5.74, 6) is 0. The summed E-state index contributed by atoms with van der Waals surface area (Å²) < 4.78 is 242. The normalized spacial score (nSPS) is 16.1. The summed E-state index contributed by atoms with van der Waals surface area (Å²) in [4.78, 5) is 4.29. The van der Waals surface area contributed by atoms with Gasteiger partial charge in [0.1, 0.15) is 17.2 Å². The topological polar surface area (TPSA) is 61.0 Å². The summed E-state index contributed by atoms with van der Waals surface area (Å²) in [7, 11) is 0. The van der Waals surface area contributed by atoms with Crippen LogP contribution in [0.5, 0.6) is 0 Å². The summed E-state index contributed by atoms with van der Waals surface area (Å²) in [6.45, 7) is 10.0. The maximum Gasteiger partial charge on any atom is 0.237 e. The van der Waals surface area contributed by atoms with Crippen molar-refractivity contribution in [2.24, 2.45) is 0 Å². The molecular weight excluding hydrogens is 1010 g/mol. The maximum atomic E-state index is 13.1. The molecule has 7 heteroatoms. The SMILES string of the molecule is [2H]c1c([2H])c([2H])c2c(c1[2H])c1c([2H])c([2H])c([2H])c([2H])c1n2-c1c(C#N)c(-n2c3c([2H])c([2H])c([2H])c([2H])c3c3c([2H])c([2H])c([2H])c([2H])c32)c(-n2c3ccc(-c4cc5ccccc5c5ccccc45)cc3c3ccc4oc5ccccc5c4c32)c(-n2c3c([2H])c([2H])c([2H])c([2H])c3c3c([2H])c([2H])c([2H])c([2H])c32)c1[N+]#[C-]. The van der Waals surface area contributed by atoms with E-state index in [2.05, 4.69) is 10.9 Å². The number of para-hydroxylation sites is 7. The van der Waals surface area contributed by atoms with Crippen LogP contribution in [0.15, 0.2) is 259 Å². The van der Waals surface area contributed by atoms with Crippen molar-refractivity contribution in [3.8, 4) is 39.9 Å². The first-order chi connectivity index (χ1) is 51.1. The van der Waals surface area contributed by atoms with Crippen LogP contribution in [0.2, 0.25) is 0 Å². The fraction of sp³-hybridized carbons (Fsp3) is 0. The molecule has 0 amide bonds. The van der Waals surface area contributed by atoms with E-state index in [0.717, 1.165) is 40.8 Å². The minimum atomic E-state index is -0.969. The number of aromatic nitrogens is 4. The van der Waals surface area contributed by atoms with E-state index in [9.17, 15) is 42.0 Å². The van der Waals surface area contributed by atoms with E-state index in [1.165, 1.54) is 4.57 Å². The first-order valence-electron chi connectivity index (χ1n) is 38.0. The smallest absolute Gasteiger partial charge is 0.237 e. The van der Waals surface area contributed by atoms with E-state index >= 15 is 0 Å². The molecule has 0 aliphatic rings. The monoisotopic (exact) mass is 1080 g/mol. The molecule has 7 nitrogen and oxygen atoms in total. The summed E-state index contributed by atoms with van der Waals surface area (Å²) in [6.07, 6.45) is 0. The highest BCUT2D eigenvalue weighted by atomic mass is 16.3. The molecule has 0 saturated heterocycles. The Morgan fingerprint density at radius 1 is 0.386 bits per heavy atom. The van der Waals surface area contributed by atoms with E-state index in [4.69, 9.17) is 7.16 Å². The van der Waals surface area contributed by atoms with Gasteiger partial charge < -0.3 is 22.7 Å². The Bertz CT molecular complexity index is 7050. The highest BCUT2D eigenvalue weighted by Gasteiger charge is 2.35. The van der Waals surface area contributed by atoms with Crippen LogP contribution in [0.4, 0.5) is 5.69 Å². The molecule has 13 aromatic carbocycles. The molecule has 5 aromatic heterocycles. The zero-order valence-electron chi connectivity index (χ0n) is 66.5. The molecule has 0 N–H and O–H groups in total. The Morgan fingerprint density at radius 3 is 1.42 bits per heavy atom. The average molecular weight is 1080 g/mol. The second kappa shape index (κ2) is 16.9. The van der Waals surface area contributed by atoms with Crippen molar-refractivity contribution in [3.05, 3.63) is 271 Å². The van der Waals surface area contributed by atoms with Crippen molar-refractivity contribution in [3.63, 3.8) is 0 Å². The highest BCUT2D eigenvalue weighted by Crippen LogP contribution is 2.53. The molecule has 18 aromatic rings. The van der Waals surface area contributed by atoms with Crippen LogP contribution in [-0.2, 0) is 0 Å². The zero-order valence-corrected chi connectivity index (χ0v) is 42.5. The van der Waals surface area contributed by atoms with Crippen molar-refractivity contribution in [2.75, 3.05) is 0 Å². The Morgan fingerprint density at radius 2 is 0.867 bits per heavy atom. The Labute approximate surface area is 507 Å². The van der Waals surface area contributed by atoms with Crippen LogP contribution in [0, 0.1) is 17.9 Å². The third kappa shape index (κ3) is 6.04. The van der Waals surface area contributed by atoms with Gasteiger partial charge in [-0.05, 0) is 105 Å². The molecule has 18 rings (SSSR count). The number of nitrogens with zero attached hydrogens (tertiary/aromatic N) is 6. The predicted octanol–water partition coefficient (Wildman–Crippen LogP) is 20.4. The van der Waals surface area contributed by atoms with E-state index in [1.54, 1.807) is 48.5 Å². The highest BCUT2D eigenvalue weighted by molar-refractivity contribution is 6.26. The van der Waals surface area contributed by atoms with Crippen LogP contribution >= 0.6 is 0 Å². The maximum absolute atomic E-state index is 13.1. The molecule has 0 unspecified atom stereocenters. The Kier molecular flexibility index (Phi) is 5.71. The van der Waals surface area contributed by atoms with Gasteiger partial charge >= 0.3 is 0 Å². The van der Waals surface area contributed by atoms with Crippen LogP contribution < -0.4 is 0 Å². The predicted molar refractivity (Wildman–Crippen MR) is 343 cm³/mol. The van der Waals surface area contributed by atoms with E-state index in [0.29, 0.717) is 32.7 Å². The van der Waals surface area contributed by atoms with Crippen LogP contribution in [0.3, 0.4) is 0 Å². The van der Waals surface area contributed by atoms with Crippen molar-refractivity contribution in [1.82, 2.24) is 18.3 Å². The number of hydrogen-bond donors (Lipinski definition) is 0. The number of furan rings is 1. The van der Waals surface area contributed by atoms with Gasteiger partial charge in [0.15, 0.2) is 0 Å². The molecule has 0 spiro atoms. The number of rotatable bonds is 5. The quantitative estimate of drug-likeness (QED) is 0.127. The van der Waals surface area contributed by atoms with Crippen LogP contribution in [0.1, 0.15) is 38.5 Å². The summed E-state index contributed by atoms with van der Waals surface area (Å²) in [5, 5.41) is 14.7. The lowest BCUT2D eigenvalue weighted by molar-refractivity contribution is 0.669. The second-order valence-corrected chi connectivity index (χ2v) is 19.9.